The summed E-state index contributed by atoms with van der Waals surface area (Å²) in [4.78, 5) is 37.3. The molecule has 0 saturated carbocycles. The van der Waals surface area contributed by atoms with Crippen LogP contribution in [0.25, 0.3) is 10.8 Å². The van der Waals surface area contributed by atoms with Crippen LogP contribution in [0.1, 0.15) is 5.69 Å². The number of ether oxygens (including phenoxy) is 1. The lowest BCUT2D eigenvalue weighted by molar-refractivity contribution is -0.147. The van der Waals surface area contributed by atoms with E-state index >= 15 is 0 Å². The lowest BCUT2D eigenvalue weighted by Crippen LogP contribution is -2.31. The SMILES string of the molecule is Cn1nc(CC(=O)OCC(=O)NCCSc2ccccc2)c2ccccc2c1=O. The maximum atomic E-state index is 12.1. The zero-order valence-corrected chi connectivity index (χ0v) is 16.8. The van der Waals surface area contributed by atoms with E-state index in [1.165, 1.54) is 11.7 Å². The summed E-state index contributed by atoms with van der Waals surface area (Å²) in [6, 6.07) is 16.8. The van der Waals surface area contributed by atoms with Crippen molar-refractivity contribution in [1.82, 2.24) is 15.1 Å². The van der Waals surface area contributed by atoms with E-state index in [1.807, 2.05) is 30.3 Å². The van der Waals surface area contributed by atoms with Crippen LogP contribution in [0.3, 0.4) is 0 Å². The van der Waals surface area contributed by atoms with Crippen molar-refractivity contribution in [2.45, 2.75) is 11.3 Å². The number of nitrogens with one attached hydrogen (secondary N) is 1. The number of carbonyl (C=O) groups is 2. The number of aromatic nitrogens is 2. The van der Waals surface area contributed by atoms with Gasteiger partial charge in [-0.05, 0) is 18.2 Å². The zero-order chi connectivity index (χ0) is 20.6. The van der Waals surface area contributed by atoms with Crippen molar-refractivity contribution >= 4 is 34.4 Å². The third kappa shape index (κ3) is 5.68. The van der Waals surface area contributed by atoms with Gasteiger partial charge in [-0.3, -0.25) is 14.4 Å². The maximum Gasteiger partial charge on any atom is 0.312 e. The van der Waals surface area contributed by atoms with Crippen molar-refractivity contribution in [1.29, 1.82) is 0 Å². The van der Waals surface area contributed by atoms with E-state index in [4.69, 9.17) is 4.74 Å². The average molecular weight is 411 g/mol. The standard InChI is InChI=1S/C21H21N3O4S/c1-24-21(27)17-10-6-5-9-16(17)18(23-24)13-20(26)28-14-19(25)22-11-12-29-15-7-3-2-4-8-15/h2-10H,11-14H2,1H3,(H,22,25). The Bertz CT molecular complexity index is 1070. The second-order valence-corrected chi connectivity index (χ2v) is 7.44. The van der Waals surface area contributed by atoms with Crippen LogP contribution in [-0.2, 0) is 27.8 Å². The molecule has 0 fully saturated rings. The lowest BCUT2D eigenvalue weighted by Gasteiger charge is -2.09. The molecular formula is C21H21N3O4S. The summed E-state index contributed by atoms with van der Waals surface area (Å²) in [7, 11) is 1.53. The van der Waals surface area contributed by atoms with Gasteiger partial charge in [0, 0.05) is 29.6 Å². The highest BCUT2D eigenvalue weighted by atomic mass is 32.2. The predicted molar refractivity (Wildman–Crippen MR) is 112 cm³/mol. The minimum Gasteiger partial charge on any atom is -0.455 e. The monoisotopic (exact) mass is 411 g/mol. The summed E-state index contributed by atoms with van der Waals surface area (Å²) in [5.41, 5.74) is 0.206. The first kappa shape index (κ1) is 20.6. The number of amides is 1. The Morgan fingerprint density at radius 3 is 2.52 bits per heavy atom. The molecule has 150 valence electrons. The first-order valence-corrected chi connectivity index (χ1v) is 10.1. The normalized spacial score (nSPS) is 10.7. The molecule has 8 heteroatoms. The molecule has 0 radical (unpaired) electrons. The van der Waals surface area contributed by atoms with E-state index in [1.54, 1.807) is 36.0 Å². The van der Waals surface area contributed by atoms with Gasteiger partial charge >= 0.3 is 5.97 Å². The van der Waals surface area contributed by atoms with E-state index < -0.39 is 5.97 Å². The molecule has 29 heavy (non-hydrogen) atoms. The topological polar surface area (TPSA) is 90.3 Å². The van der Waals surface area contributed by atoms with Gasteiger partial charge in [0.25, 0.3) is 11.5 Å². The van der Waals surface area contributed by atoms with Crippen LogP contribution in [0.15, 0.2) is 64.3 Å². The highest BCUT2D eigenvalue weighted by Gasteiger charge is 2.14. The molecule has 2 aromatic carbocycles. The third-order valence-electron chi connectivity index (χ3n) is 4.15. The molecule has 7 nitrogen and oxygen atoms in total. The number of esters is 1. The molecule has 0 bridgehead atoms. The van der Waals surface area contributed by atoms with Gasteiger partial charge in [-0.2, -0.15) is 5.10 Å². The Kier molecular flexibility index (Phi) is 7.02. The fraction of sp³-hybridized carbons (Fsp3) is 0.238. The van der Waals surface area contributed by atoms with Crippen molar-refractivity contribution in [3.05, 3.63) is 70.6 Å². The smallest absolute Gasteiger partial charge is 0.312 e. The largest absolute Gasteiger partial charge is 0.455 e. The molecule has 0 spiro atoms. The third-order valence-corrected chi connectivity index (χ3v) is 5.16. The van der Waals surface area contributed by atoms with Gasteiger partial charge in [-0.1, -0.05) is 36.4 Å². The van der Waals surface area contributed by atoms with Crippen molar-refractivity contribution in [2.75, 3.05) is 18.9 Å². The minimum atomic E-state index is -0.574. The number of aryl methyl sites for hydroxylation is 1. The number of rotatable bonds is 8. The number of carbonyl (C=O) groups excluding carboxylic acids is 2. The number of benzene rings is 2. The fourth-order valence-corrected chi connectivity index (χ4v) is 3.56. The van der Waals surface area contributed by atoms with Crippen LogP contribution < -0.4 is 10.9 Å². The van der Waals surface area contributed by atoms with Gasteiger partial charge in [0.1, 0.15) is 0 Å². The van der Waals surface area contributed by atoms with Crippen molar-refractivity contribution < 1.29 is 14.3 Å². The van der Waals surface area contributed by atoms with E-state index in [0.29, 0.717) is 23.0 Å². The Labute approximate surface area is 172 Å². The van der Waals surface area contributed by atoms with Crippen LogP contribution in [-0.4, -0.2) is 40.6 Å². The Balaban J connectivity index is 1.46. The van der Waals surface area contributed by atoms with Crippen molar-refractivity contribution in [3.8, 4) is 0 Å². The summed E-state index contributed by atoms with van der Waals surface area (Å²) in [6.45, 7) is 0.126. The van der Waals surface area contributed by atoms with Gasteiger partial charge in [0.2, 0.25) is 0 Å². The maximum absolute atomic E-state index is 12.1. The molecule has 0 aliphatic heterocycles. The molecule has 1 heterocycles. The summed E-state index contributed by atoms with van der Waals surface area (Å²) in [5.74, 6) is -0.210. The molecule has 3 aromatic rings. The summed E-state index contributed by atoms with van der Waals surface area (Å²) >= 11 is 1.63. The molecule has 0 atom stereocenters. The van der Waals surface area contributed by atoms with Crippen LogP contribution in [0.4, 0.5) is 0 Å². The molecule has 3 rings (SSSR count). The van der Waals surface area contributed by atoms with Crippen molar-refractivity contribution in [2.24, 2.45) is 7.05 Å². The van der Waals surface area contributed by atoms with Crippen LogP contribution in [0, 0.1) is 0 Å². The van der Waals surface area contributed by atoms with Gasteiger partial charge in [0.05, 0.1) is 17.5 Å². The van der Waals surface area contributed by atoms with E-state index in [-0.39, 0.29) is 24.5 Å². The lowest BCUT2D eigenvalue weighted by atomic mass is 10.1. The molecule has 0 aliphatic rings. The number of hydrogen-bond acceptors (Lipinski definition) is 6. The van der Waals surface area contributed by atoms with E-state index in [0.717, 1.165) is 10.6 Å². The van der Waals surface area contributed by atoms with E-state index in [9.17, 15) is 14.4 Å². The van der Waals surface area contributed by atoms with Gasteiger partial charge in [-0.15, -0.1) is 11.8 Å². The Morgan fingerprint density at radius 2 is 1.76 bits per heavy atom. The summed E-state index contributed by atoms with van der Waals surface area (Å²) < 4.78 is 6.25. The average Bonchev–Trinajstić information content (AvgIpc) is 2.74. The molecule has 1 N–H and O–H groups in total. The number of hydrogen-bond donors (Lipinski definition) is 1. The highest BCUT2D eigenvalue weighted by Crippen LogP contribution is 2.16. The molecule has 0 aliphatic carbocycles. The fourth-order valence-electron chi connectivity index (χ4n) is 2.77. The van der Waals surface area contributed by atoms with Gasteiger partial charge in [-0.25, -0.2) is 4.68 Å². The number of nitrogens with zero attached hydrogens (tertiary/aromatic N) is 2. The van der Waals surface area contributed by atoms with Crippen LogP contribution in [0.5, 0.6) is 0 Å². The van der Waals surface area contributed by atoms with Crippen molar-refractivity contribution in [3.63, 3.8) is 0 Å². The Morgan fingerprint density at radius 1 is 1.07 bits per heavy atom. The summed E-state index contributed by atoms with van der Waals surface area (Å²) in [5, 5.41) is 7.97. The molecular weight excluding hydrogens is 390 g/mol. The Hall–Kier alpha value is -3.13. The van der Waals surface area contributed by atoms with Gasteiger partial charge < -0.3 is 10.1 Å². The predicted octanol–water partition coefficient (Wildman–Crippen LogP) is 1.93. The van der Waals surface area contributed by atoms with Crippen LogP contribution in [0.2, 0.25) is 0 Å². The second kappa shape index (κ2) is 9.88. The number of thioether (sulfide) groups is 1. The van der Waals surface area contributed by atoms with Gasteiger partial charge in [0.15, 0.2) is 6.61 Å². The molecule has 0 unspecified atom stereocenters. The minimum absolute atomic E-state index is 0.119. The summed E-state index contributed by atoms with van der Waals surface area (Å²) in [6.07, 6.45) is -0.119. The first-order chi connectivity index (χ1) is 14.0. The molecule has 0 saturated heterocycles. The second-order valence-electron chi connectivity index (χ2n) is 6.27. The van der Waals surface area contributed by atoms with E-state index in [2.05, 4.69) is 10.4 Å². The van der Waals surface area contributed by atoms with Crippen LogP contribution >= 0.6 is 11.8 Å². The molecule has 1 amide bonds. The molecule has 1 aromatic heterocycles. The highest BCUT2D eigenvalue weighted by molar-refractivity contribution is 7.99. The zero-order valence-electron chi connectivity index (χ0n) is 16.0. The quantitative estimate of drug-likeness (QED) is 0.346. The number of fused-ring (bicyclic) bond motifs is 1. The first-order valence-electron chi connectivity index (χ1n) is 9.09.